The van der Waals surface area contributed by atoms with Crippen LogP contribution in [0.1, 0.15) is 10.4 Å². The Morgan fingerprint density at radius 2 is 2.08 bits per heavy atom. The van der Waals surface area contributed by atoms with Crippen LogP contribution in [0.5, 0.6) is 0 Å². The lowest BCUT2D eigenvalue weighted by molar-refractivity contribution is -0.116. The van der Waals surface area contributed by atoms with Gasteiger partial charge in [-0.2, -0.15) is 0 Å². The SMILES string of the molecule is NC(=O)c1ccsc1NC(=O)Cn1cnc2c(oc3ccccc32)c1=O. The number of furan rings is 1. The fourth-order valence-electron chi connectivity index (χ4n) is 2.65. The van der Waals surface area contributed by atoms with Gasteiger partial charge in [-0.1, -0.05) is 12.1 Å². The maximum Gasteiger partial charge on any atom is 0.297 e. The molecule has 8 nitrogen and oxygen atoms in total. The van der Waals surface area contributed by atoms with Gasteiger partial charge in [0.2, 0.25) is 11.5 Å². The second-order valence-electron chi connectivity index (χ2n) is 5.53. The van der Waals surface area contributed by atoms with E-state index in [0.29, 0.717) is 16.1 Å². The number of amides is 2. The zero-order valence-corrected chi connectivity index (χ0v) is 14.1. The molecule has 4 aromatic rings. The summed E-state index contributed by atoms with van der Waals surface area (Å²) in [5.41, 5.74) is 6.12. The summed E-state index contributed by atoms with van der Waals surface area (Å²) in [4.78, 5) is 40.4. The van der Waals surface area contributed by atoms with Crippen LogP contribution in [0.25, 0.3) is 22.1 Å². The number of hydrogen-bond donors (Lipinski definition) is 2. The average molecular weight is 368 g/mol. The lowest BCUT2D eigenvalue weighted by Gasteiger charge is -2.06. The second kappa shape index (κ2) is 6.12. The van der Waals surface area contributed by atoms with E-state index in [2.05, 4.69) is 10.3 Å². The predicted octanol–water partition coefficient (Wildman–Crippen LogP) is 1.94. The number of aromatic nitrogens is 2. The van der Waals surface area contributed by atoms with E-state index in [1.165, 1.54) is 23.7 Å². The average Bonchev–Trinajstić information content (AvgIpc) is 3.22. The molecule has 0 fully saturated rings. The largest absolute Gasteiger partial charge is 0.448 e. The third-order valence-electron chi connectivity index (χ3n) is 3.85. The van der Waals surface area contributed by atoms with E-state index >= 15 is 0 Å². The maximum absolute atomic E-state index is 12.6. The Morgan fingerprint density at radius 1 is 1.27 bits per heavy atom. The summed E-state index contributed by atoms with van der Waals surface area (Å²) in [6.45, 7) is -0.269. The van der Waals surface area contributed by atoms with Crippen LogP contribution < -0.4 is 16.6 Å². The normalized spacial score (nSPS) is 11.1. The Morgan fingerprint density at radius 3 is 2.88 bits per heavy atom. The summed E-state index contributed by atoms with van der Waals surface area (Å²) in [6, 6.07) is 8.71. The van der Waals surface area contributed by atoms with E-state index in [-0.39, 0.29) is 17.7 Å². The Bertz CT molecular complexity index is 1220. The van der Waals surface area contributed by atoms with Gasteiger partial charge in [-0.3, -0.25) is 19.0 Å². The van der Waals surface area contributed by atoms with Crippen molar-refractivity contribution >= 4 is 50.2 Å². The molecule has 3 N–H and O–H groups in total. The Labute approximate surface area is 149 Å². The monoisotopic (exact) mass is 368 g/mol. The number of benzene rings is 1. The molecule has 3 heterocycles. The molecule has 3 aromatic heterocycles. The Balaban J connectivity index is 1.65. The molecule has 0 saturated heterocycles. The van der Waals surface area contributed by atoms with Gasteiger partial charge in [0.1, 0.15) is 22.6 Å². The number of anilines is 1. The van der Waals surface area contributed by atoms with Crippen molar-refractivity contribution in [2.45, 2.75) is 6.54 Å². The van der Waals surface area contributed by atoms with Crippen LogP contribution in [-0.2, 0) is 11.3 Å². The van der Waals surface area contributed by atoms with Gasteiger partial charge in [-0.15, -0.1) is 11.3 Å². The van der Waals surface area contributed by atoms with E-state index in [0.717, 1.165) is 9.95 Å². The summed E-state index contributed by atoms with van der Waals surface area (Å²) >= 11 is 1.17. The highest BCUT2D eigenvalue weighted by Crippen LogP contribution is 2.24. The summed E-state index contributed by atoms with van der Waals surface area (Å²) in [5, 5.41) is 5.30. The molecule has 2 amide bonds. The lowest BCUT2D eigenvalue weighted by Crippen LogP contribution is -2.28. The van der Waals surface area contributed by atoms with Crippen LogP contribution in [-0.4, -0.2) is 21.4 Å². The van der Waals surface area contributed by atoms with Crippen molar-refractivity contribution in [3.8, 4) is 0 Å². The molecule has 0 spiro atoms. The van der Waals surface area contributed by atoms with Crippen LogP contribution in [0.2, 0.25) is 0 Å². The van der Waals surface area contributed by atoms with Crippen molar-refractivity contribution in [1.29, 1.82) is 0 Å². The zero-order valence-electron chi connectivity index (χ0n) is 13.3. The summed E-state index contributed by atoms with van der Waals surface area (Å²) in [7, 11) is 0. The van der Waals surface area contributed by atoms with Gasteiger partial charge in [0.25, 0.3) is 11.5 Å². The molecule has 0 aliphatic heterocycles. The van der Waals surface area contributed by atoms with E-state index in [1.54, 1.807) is 17.5 Å². The smallest absolute Gasteiger partial charge is 0.297 e. The van der Waals surface area contributed by atoms with Gasteiger partial charge in [0, 0.05) is 5.39 Å². The van der Waals surface area contributed by atoms with Gasteiger partial charge in [0.05, 0.1) is 11.9 Å². The molecular weight excluding hydrogens is 356 g/mol. The first-order chi connectivity index (χ1) is 12.5. The molecule has 130 valence electrons. The number of rotatable bonds is 4. The van der Waals surface area contributed by atoms with E-state index in [4.69, 9.17) is 10.2 Å². The number of nitrogens with one attached hydrogen (secondary N) is 1. The topological polar surface area (TPSA) is 120 Å². The van der Waals surface area contributed by atoms with E-state index < -0.39 is 17.4 Å². The highest BCUT2D eigenvalue weighted by atomic mass is 32.1. The van der Waals surface area contributed by atoms with Crippen molar-refractivity contribution in [2.24, 2.45) is 5.73 Å². The van der Waals surface area contributed by atoms with Gasteiger partial charge >= 0.3 is 0 Å². The third-order valence-corrected chi connectivity index (χ3v) is 4.68. The minimum Gasteiger partial charge on any atom is -0.448 e. The van der Waals surface area contributed by atoms with Crippen LogP contribution in [0, 0.1) is 0 Å². The molecule has 0 radical (unpaired) electrons. The molecule has 9 heteroatoms. The third kappa shape index (κ3) is 2.64. The number of fused-ring (bicyclic) bond motifs is 3. The Hall–Kier alpha value is -3.46. The number of hydrogen-bond acceptors (Lipinski definition) is 6. The van der Waals surface area contributed by atoms with Crippen molar-refractivity contribution in [3.05, 3.63) is 58.0 Å². The lowest BCUT2D eigenvalue weighted by atomic mass is 10.2. The summed E-state index contributed by atoms with van der Waals surface area (Å²) < 4.78 is 6.73. The molecule has 1 aromatic carbocycles. The highest BCUT2D eigenvalue weighted by Gasteiger charge is 2.16. The van der Waals surface area contributed by atoms with Crippen LogP contribution in [0.3, 0.4) is 0 Å². The van der Waals surface area contributed by atoms with Gasteiger partial charge in [-0.05, 0) is 23.6 Å². The molecule has 0 atom stereocenters. The van der Waals surface area contributed by atoms with Gasteiger partial charge < -0.3 is 15.5 Å². The van der Waals surface area contributed by atoms with E-state index in [9.17, 15) is 14.4 Å². The highest BCUT2D eigenvalue weighted by molar-refractivity contribution is 7.14. The first-order valence-electron chi connectivity index (χ1n) is 7.58. The van der Waals surface area contributed by atoms with Crippen LogP contribution in [0.4, 0.5) is 5.00 Å². The number of nitrogens with zero attached hydrogens (tertiary/aromatic N) is 2. The first-order valence-corrected chi connectivity index (χ1v) is 8.46. The maximum atomic E-state index is 12.6. The second-order valence-corrected chi connectivity index (χ2v) is 6.45. The molecule has 4 rings (SSSR count). The minimum absolute atomic E-state index is 0.0930. The van der Waals surface area contributed by atoms with Crippen molar-refractivity contribution < 1.29 is 14.0 Å². The van der Waals surface area contributed by atoms with Crippen LogP contribution >= 0.6 is 11.3 Å². The van der Waals surface area contributed by atoms with Gasteiger partial charge in [-0.25, -0.2) is 4.98 Å². The Kier molecular flexibility index (Phi) is 3.77. The fraction of sp³-hybridized carbons (Fsp3) is 0.0588. The van der Waals surface area contributed by atoms with Crippen molar-refractivity contribution in [2.75, 3.05) is 5.32 Å². The molecule has 0 saturated carbocycles. The summed E-state index contributed by atoms with van der Waals surface area (Å²) in [5.74, 6) is -1.11. The van der Waals surface area contributed by atoms with Gasteiger partial charge in [0.15, 0.2) is 0 Å². The number of para-hydroxylation sites is 1. The molecule has 0 bridgehead atoms. The summed E-state index contributed by atoms with van der Waals surface area (Å²) in [6.07, 6.45) is 1.30. The quantitative estimate of drug-likeness (QED) is 0.570. The number of nitrogens with two attached hydrogens (primary N) is 1. The van der Waals surface area contributed by atoms with E-state index in [1.807, 2.05) is 12.1 Å². The number of primary amides is 1. The fourth-order valence-corrected chi connectivity index (χ4v) is 3.46. The molecule has 0 aliphatic carbocycles. The minimum atomic E-state index is -0.635. The predicted molar refractivity (Wildman–Crippen MR) is 97.2 cm³/mol. The molecular formula is C17H12N4O4S. The molecule has 0 unspecified atom stereocenters. The van der Waals surface area contributed by atoms with Crippen molar-refractivity contribution in [1.82, 2.24) is 9.55 Å². The molecule has 26 heavy (non-hydrogen) atoms. The first kappa shape index (κ1) is 16.0. The number of thiophene rings is 1. The standard InChI is InChI=1S/C17H12N4O4S/c18-15(23)10-5-6-26-16(10)20-12(22)7-21-8-19-13-9-3-1-2-4-11(9)25-14(13)17(21)24/h1-6,8H,7H2,(H2,18,23)(H,20,22). The molecule has 0 aliphatic rings. The zero-order chi connectivity index (χ0) is 18.3. The van der Waals surface area contributed by atoms with Crippen molar-refractivity contribution in [3.63, 3.8) is 0 Å². The number of carbonyl (C=O) groups excluding carboxylic acids is 2. The number of carbonyl (C=O) groups is 2. The van der Waals surface area contributed by atoms with Crippen LogP contribution in [0.15, 0.2) is 51.3 Å².